The van der Waals surface area contributed by atoms with E-state index in [2.05, 4.69) is 9.55 Å². The highest BCUT2D eigenvalue weighted by Gasteiger charge is 2.36. The molecule has 0 radical (unpaired) electrons. The highest BCUT2D eigenvalue weighted by atomic mass is 16.5. The van der Waals surface area contributed by atoms with Crippen molar-refractivity contribution >= 4 is 17.1 Å². The Labute approximate surface area is 121 Å². The highest BCUT2D eigenvalue weighted by Crippen LogP contribution is 2.33. The third-order valence-corrected chi connectivity index (χ3v) is 4.49. The molecule has 1 aromatic carbocycles. The van der Waals surface area contributed by atoms with Gasteiger partial charge >= 0.3 is 6.09 Å². The van der Waals surface area contributed by atoms with E-state index in [1.54, 1.807) is 0 Å². The minimum absolute atomic E-state index is 0.0271. The average molecular weight is 287 g/mol. The summed E-state index contributed by atoms with van der Waals surface area (Å²) in [6.07, 6.45) is 1.11. The molecule has 2 aromatic rings. The lowest BCUT2D eigenvalue weighted by Gasteiger charge is -2.33. The van der Waals surface area contributed by atoms with Crippen molar-refractivity contribution in [3.05, 3.63) is 24.3 Å². The van der Waals surface area contributed by atoms with Gasteiger partial charge in [0.25, 0.3) is 6.01 Å². The molecule has 2 aliphatic rings. The first-order chi connectivity index (χ1) is 10.2. The summed E-state index contributed by atoms with van der Waals surface area (Å²) in [6.45, 7) is 1.95. The molecule has 0 saturated carbocycles. The molecule has 0 aliphatic carbocycles. The Kier molecular flexibility index (Phi) is 2.77. The van der Waals surface area contributed by atoms with Crippen molar-refractivity contribution in [1.82, 2.24) is 14.5 Å². The molecule has 110 valence electrons. The number of aromatic nitrogens is 2. The zero-order valence-electron chi connectivity index (χ0n) is 11.6. The molecule has 1 N–H and O–H groups in total. The standard InChI is InChI=1S/C15H17N3O3/c19-15(20)17-7-3-4-10(8-17)13-9-18-12-6-2-1-5-11(12)16-14(18)21-13/h1-2,5-6,10,13H,3-4,7-9H2,(H,19,20). The number of nitrogens with zero attached hydrogens (tertiary/aromatic N) is 3. The normalized spacial score (nSPS) is 24.9. The molecule has 6 heteroatoms. The van der Waals surface area contributed by atoms with E-state index >= 15 is 0 Å². The fraction of sp³-hybridized carbons (Fsp3) is 0.467. The number of carbonyl (C=O) groups is 1. The van der Waals surface area contributed by atoms with E-state index in [4.69, 9.17) is 9.84 Å². The highest BCUT2D eigenvalue weighted by molar-refractivity contribution is 5.76. The lowest BCUT2D eigenvalue weighted by molar-refractivity contribution is 0.0729. The number of ether oxygens (including phenoxy) is 1. The van der Waals surface area contributed by atoms with Crippen LogP contribution in [-0.4, -0.2) is 44.8 Å². The van der Waals surface area contributed by atoms with Crippen LogP contribution >= 0.6 is 0 Å². The van der Waals surface area contributed by atoms with Gasteiger partial charge in [-0.2, -0.15) is 4.98 Å². The fourth-order valence-corrected chi connectivity index (χ4v) is 3.40. The molecule has 6 nitrogen and oxygen atoms in total. The molecular formula is C15H17N3O3. The molecule has 1 fully saturated rings. The largest absolute Gasteiger partial charge is 0.465 e. The van der Waals surface area contributed by atoms with Crippen LogP contribution in [-0.2, 0) is 6.54 Å². The summed E-state index contributed by atoms with van der Waals surface area (Å²) in [5.41, 5.74) is 2.03. The second kappa shape index (κ2) is 4.65. The van der Waals surface area contributed by atoms with E-state index in [0.29, 0.717) is 19.1 Å². The number of fused-ring (bicyclic) bond motifs is 3. The maximum absolute atomic E-state index is 11.1. The first-order valence-electron chi connectivity index (χ1n) is 7.32. The van der Waals surface area contributed by atoms with Crippen LogP contribution in [0.2, 0.25) is 0 Å². The number of hydrogen-bond acceptors (Lipinski definition) is 3. The van der Waals surface area contributed by atoms with Gasteiger partial charge in [-0.1, -0.05) is 12.1 Å². The number of amides is 1. The molecule has 0 bridgehead atoms. The minimum atomic E-state index is -0.833. The van der Waals surface area contributed by atoms with Crippen LogP contribution in [0.5, 0.6) is 6.01 Å². The van der Waals surface area contributed by atoms with E-state index in [1.165, 1.54) is 4.90 Å². The molecule has 3 heterocycles. The van der Waals surface area contributed by atoms with E-state index in [9.17, 15) is 4.79 Å². The van der Waals surface area contributed by atoms with Crippen LogP contribution in [0, 0.1) is 5.92 Å². The van der Waals surface area contributed by atoms with Gasteiger partial charge in [0.15, 0.2) is 0 Å². The van der Waals surface area contributed by atoms with Gasteiger partial charge in [0.2, 0.25) is 0 Å². The molecule has 1 aromatic heterocycles. The van der Waals surface area contributed by atoms with Crippen molar-refractivity contribution in [2.75, 3.05) is 13.1 Å². The van der Waals surface area contributed by atoms with Crippen molar-refractivity contribution in [2.45, 2.75) is 25.5 Å². The molecule has 0 spiro atoms. The molecule has 2 atom stereocenters. The van der Waals surface area contributed by atoms with E-state index < -0.39 is 6.09 Å². The summed E-state index contributed by atoms with van der Waals surface area (Å²) < 4.78 is 8.09. The van der Waals surface area contributed by atoms with Crippen molar-refractivity contribution in [1.29, 1.82) is 0 Å². The number of rotatable bonds is 1. The fourth-order valence-electron chi connectivity index (χ4n) is 3.40. The monoisotopic (exact) mass is 287 g/mol. The Morgan fingerprint density at radius 1 is 1.33 bits per heavy atom. The first-order valence-corrected chi connectivity index (χ1v) is 7.32. The third-order valence-electron chi connectivity index (χ3n) is 4.49. The smallest absolute Gasteiger partial charge is 0.407 e. The Morgan fingerprint density at radius 2 is 2.19 bits per heavy atom. The van der Waals surface area contributed by atoms with E-state index in [1.807, 2.05) is 24.3 Å². The number of para-hydroxylation sites is 2. The zero-order chi connectivity index (χ0) is 14.4. The summed E-state index contributed by atoms with van der Waals surface area (Å²) in [5.74, 6) is 0.246. The quantitative estimate of drug-likeness (QED) is 0.873. The summed E-state index contributed by atoms with van der Waals surface area (Å²) in [6, 6.07) is 8.65. The van der Waals surface area contributed by atoms with Gasteiger partial charge in [-0.15, -0.1) is 0 Å². The number of imidazole rings is 1. The Hall–Kier alpha value is -2.24. The number of likely N-dealkylation sites (tertiary alicyclic amines) is 1. The molecule has 2 aliphatic heterocycles. The van der Waals surface area contributed by atoms with Crippen molar-refractivity contribution < 1.29 is 14.6 Å². The second-order valence-corrected chi connectivity index (χ2v) is 5.78. The topological polar surface area (TPSA) is 67.6 Å². The van der Waals surface area contributed by atoms with Crippen molar-refractivity contribution in [3.63, 3.8) is 0 Å². The predicted molar refractivity (Wildman–Crippen MR) is 76.5 cm³/mol. The molecule has 1 amide bonds. The second-order valence-electron chi connectivity index (χ2n) is 5.78. The molecular weight excluding hydrogens is 270 g/mol. The van der Waals surface area contributed by atoms with Crippen LogP contribution < -0.4 is 4.74 Å². The summed E-state index contributed by atoms with van der Waals surface area (Å²) in [7, 11) is 0. The van der Waals surface area contributed by atoms with Crippen molar-refractivity contribution in [3.8, 4) is 6.01 Å². The number of benzene rings is 1. The molecule has 21 heavy (non-hydrogen) atoms. The van der Waals surface area contributed by atoms with Gasteiger partial charge < -0.3 is 14.7 Å². The van der Waals surface area contributed by atoms with Gasteiger partial charge in [0, 0.05) is 19.0 Å². The van der Waals surface area contributed by atoms with Crippen LogP contribution in [0.15, 0.2) is 24.3 Å². The van der Waals surface area contributed by atoms with E-state index in [-0.39, 0.29) is 12.0 Å². The Bertz CT molecular complexity index is 697. The van der Waals surface area contributed by atoms with Gasteiger partial charge in [-0.25, -0.2) is 4.79 Å². The van der Waals surface area contributed by atoms with Crippen LogP contribution in [0.4, 0.5) is 4.79 Å². The number of carboxylic acid groups (broad SMARTS) is 1. The summed E-state index contributed by atoms with van der Waals surface area (Å²) >= 11 is 0. The van der Waals surface area contributed by atoms with Crippen LogP contribution in [0.1, 0.15) is 12.8 Å². The Balaban J connectivity index is 1.55. The lowest BCUT2D eigenvalue weighted by Crippen LogP contribution is -2.44. The van der Waals surface area contributed by atoms with Crippen molar-refractivity contribution in [2.24, 2.45) is 5.92 Å². The SMILES string of the molecule is O=C(O)N1CCCC(C2Cn3c(nc4ccccc43)O2)C1. The maximum Gasteiger partial charge on any atom is 0.407 e. The predicted octanol–water partition coefficient (Wildman–Crippen LogP) is 2.19. The summed E-state index contributed by atoms with van der Waals surface area (Å²) in [4.78, 5) is 17.1. The van der Waals surface area contributed by atoms with Crippen LogP contribution in [0.3, 0.4) is 0 Å². The lowest BCUT2D eigenvalue weighted by atomic mass is 9.92. The van der Waals surface area contributed by atoms with E-state index in [0.717, 1.165) is 30.4 Å². The van der Waals surface area contributed by atoms with Gasteiger partial charge in [0.1, 0.15) is 6.10 Å². The maximum atomic E-state index is 11.1. The van der Waals surface area contributed by atoms with Gasteiger partial charge in [-0.3, -0.25) is 4.57 Å². The third kappa shape index (κ3) is 2.02. The Morgan fingerprint density at radius 3 is 3.05 bits per heavy atom. The average Bonchev–Trinajstić information content (AvgIpc) is 3.05. The first kappa shape index (κ1) is 12.5. The molecule has 1 saturated heterocycles. The minimum Gasteiger partial charge on any atom is -0.465 e. The van der Waals surface area contributed by atoms with Gasteiger partial charge in [-0.05, 0) is 25.0 Å². The number of hydrogen-bond donors (Lipinski definition) is 1. The van der Waals surface area contributed by atoms with Crippen LogP contribution in [0.25, 0.3) is 11.0 Å². The molecule has 4 rings (SSSR count). The molecule has 2 unspecified atom stereocenters. The zero-order valence-corrected chi connectivity index (χ0v) is 11.6. The number of piperidine rings is 1. The van der Waals surface area contributed by atoms with Gasteiger partial charge in [0.05, 0.1) is 17.6 Å². The summed E-state index contributed by atoms with van der Waals surface area (Å²) in [5, 5.41) is 9.14.